The lowest BCUT2D eigenvalue weighted by molar-refractivity contribution is -0.134. The third-order valence-electron chi connectivity index (χ3n) is 1.75. The molecule has 0 radical (unpaired) electrons. The molecule has 0 unspecified atom stereocenters. The average molecular weight is 292 g/mol. The van der Waals surface area contributed by atoms with Gasteiger partial charge in [-0.25, -0.2) is 4.79 Å². The van der Waals surface area contributed by atoms with Crippen molar-refractivity contribution in [3.8, 4) is 0 Å². The Morgan fingerprint density at radius 1 is 1.41 bits per heavy atom. The van der Waals surface area contributed by atoms with Crippen molar-refractivity contribution >= 4 is 39.3 Å². The van der Waals surface area contributed by atoms with Gasteiger partial charge in [0.25, 0.3) is 0 Å². The van der Waals surface area contributed by atoms with Crippen LogP contribution in [0.5, 0.6) is 0 Å². The number of ether oxygens (including phenoxy) is 1. The Morgan fingerprint density at radius 3 is 2.47 bits per heavy atom. The zero-order valence-corrected chi connectivity index (χ0v) is 11.7. The molecule has 1 aromatic carbocycles. The Balaban J connectivity index is 3.17. The maximum absolute atomic E-state index is 11.7. The Bertz CT molecular complexity index is 466. The molecule has 4 nitrogen and oxygen atoms in total. The van der Waals surface area contributed by atoms with E-state index in [-0.39, 0.29) is 22.4 Å². The minimum Gasteiger partial charge on any atom is -0.462 e. The predicted molar refractivity (Wildman–Crippen MR) is 74.9 cm³/mol. The molecule has 7 heteroatoms. The van der Waals surface area contributed by atoms with E-state index in [1.807, 2.05) is 0 Å². The number of hydrogen-bond donors (Lipinski definition) is 3. The molecule has 0 aliphatic carbocycles. The second-order valence-corrected chi connectivity index (χ2v) is 9.33. The van der Waals surface area contributed by atoms with Crippen molar-refractivity contribution in [2.45, 2.75) is 6.92 Å². The summed E-state index contributed by atoms with van der Waals surface area (Å²) in [6.45, 7) is 1.91. The summed E-state index contributed by atoms with van der Waals surface area (Å²) < 4.78 is 4.87. The molecule has 2 N–H and O–H groups in total. The normalized spacial score (nSPS) is 12.8. The van der Waals surface area contributed by atoms with Gasteiger partial charge in [0, 0.05) is 0 Å². The molecule has 94 valence electrons. The molecule has 0 aromatic heterocycles. The van der Waals surface area contributed by atoms with Gasteiger partial charge >= 0.3 is 5.97 Å². The van der Waals surface area contributed by atoms with Crippen LogP contribution in [-0.4, -0.2) is 27.2 Å². The van der Waals surface area contributed by atoms with Crippen molar-refractivity contribution < 1.29 is 19.3 Å². The van der Waals surface area contributed by atoms with Gasteiger partial charge in [0.1, 0.15) is 0 Å². The van der Waals surface area contributed by atoms with Crippen LogP contribution in [0.2, 0.25) is 0 Å². The average Bonchev–Trinajstić information content (AvgIpc) is 2.26. The van der Waals surface area contributed by atoms with E-state index in [1.165, 1.54) is 0 Å². The van der Waals surface area contributed by atoms with Crippen molar-refractivity contribution in [2.24, 2.45) is 0 Å². The number of thiol groups is 1. The summed E-state index contributed by atoms with van der Waals surface area (Å²) in [5.41, 5.74) is -2.91. The summed E-state index contributed by atoms with van der Waals surface area (Å²) in [6, 6.07) is 8.70. The number of carbonyl (C=O) groups excluding carboxylic acids is 1. The van der Waals surface area contributed by atoms with Gasteiger partial charge in [0.15, 0.2) is 0 Å². The minimum absolute atomic E-state index is 0.0308. The second kappa shape index (κ2) is 6.42. The minimum atomic E-state index is -3.50. The lowest BCUT2D eigenvalue weighted by Crippen LogP contribution is -2.17. The van der Waals surface area contributed by atoms with Gasteiger partial charge in [-0.2, -0.15) is 0 Å². The highest BCUT2D eigenvalue weighted by Crippen LogP contribution is 2.46. The van der Waals surface area contributed by atoms with Crippen molar-refractivity contribution in [3.63, 3.8) is 0 Å². The Kier molecular flexibility index (Phi) is 5.49. The molecule has 0 saturated carbocycles. The molecular weight excluding hydrogens is 279 g/mol. The number of esters is 1. The third-order valence-corrected chi connectivity index (χ3v) is 4.76. The number of carbonyl (C=O) groups is 1. The fourth-order valence-electron chi connectivity index (χ4n) is 1.14. The maximum Gasteiger partial charge on any atom is 0.344 e. The van der Waals surface area contributed by atoms with Gasteiger partial charge in [-0.15, -0.1) is 11.0 Å². The molecule has 0 saturated heterocycles. The van der Waals surface area contributed by atoms with Gasteiger partial charge in [-0.3, -0.25) is 0 Å². The molecule has 1 aromatic rings. The van der Waals surface area contributed by atoms with Crippen LogP contribution < -0.4 is 0 Å². The molecule has 0 aliphatic rings. The van der Waals surface area contributed by atoms with Crippen molar-refractivity contribution in [1.82, 2.24) is 0 Å². The number of benzene rings is 1. The summed E-state index contributed by atoms with van der Waals surface area (Å²) >= 11 is 4.55. The van der Waals surface area contributed by atoms with E-state index in [2.05, 4.69) is 11.8 Å². The van der Waals surface area contributed by atoms with E-state index in [1.54, 1.807) is 37.3 Å². The summed E-state index contributed by atoms with van der Waals surface area (Å²) in [7, 11) is 0.0308. The highest BCUT2D eigenvalue weighted by atomic mass is 32.9. The van der Waals surface area contributed by atoms with E-state index in [4.69, 9.17) is 4.74 Å². The molecule has 0 atom stereocenters. The van der Waals surface area contributed by atoms with Gasteiger partial charge in [0.2, 0.25) is 5.69 Å². The van der Waals surface area contributed by atoms with Gasteiger partial charge in [-0.1, -0.05) is 30.3 Å². The predicted octanol–water partition coefficient (Wildman–Crippen LogP) is 1.44. The van der Waals surface area contributed by atoms with E-state index < -0.39 is 11.7 Å². The first-order valence-corrected chi connectivity index (χ1v) is 9.13. The van der Waals surface area contributed by atoms with Gasteiger partial charge in [0.05, 0.1) is 11.5 Å². The van der Waals surface area contributed by atoms with Crippen LogP contribution in [0.3, 0.4) is 0 Å². The first-order chi connectivity index (χ1) is 7.94. The monoisotopic (exact) mass is 292 g/mol. The van der Waals surface area contributed by atoms with E-state index in [9.17, 15) is 14.6 Å². The van der Waals surface area contributed by atoms with E-state index in [0.717, 1.165) is 0 Å². The topological polar surface area (TPSA) is 66.8 Å². The van der Waals surface area contributed by atoms with Crippen molar-refractivity contribution in [2.75, 3.05) is 6.61 Å². The van der Waals surface area contributed by atoms with Crippen molar-refractivity contribution in [1.29, 1.82) is 0 Å². The Hall–Kier alpha value is -0.520. The van der Waals surface area contributed by atoms with E-state index >= 15 is 0 Å². The van der Waals surface area contributed by atoms with E-state index in [0.29, 0.717) is 5.56 Å². The van der Waals surface area contributed by atoms with Crippen LogP contribution >= 0.6 is 16.7 Å². The standard InChI is InChI=1S/C10H13O4PS2/c1-2-14-10(11)9(17-15(12,13)16)8-6-4-3-5-7-8/h3-7,17H,2H2,1H3,(H2,12,13,16). The van der Waals surface area contributed by atoms with Crippen LogP contribution in [0, 0.1) is 0 Å². The van der Waals surface area contributed by atoms with Crippen LogP contribution in [0.1, 0.15) is 12.5 Å². The molecular formula is C10H13O4PS2. The number of rotatable bonds is 4. The van der Waals surface area contributed by atoms with Crippen LogP contribution in [0.25, 0.3) is 0 Å². The summed E-state index contributed by atoms with van der Waals surface area (Å²) in [5, 5.41) is 0. The van der Waals surface area contributed by atoms with Crippen LogP contribution in [-0.2, 0) is 21.3 Å². The molecule has 0 amide bonds. The lowest BCUT2D eigenvalue weighted by Gasteiger charge is -2.09. The SMILES string of the molecule is CCOC(=O)C(=[SH]P(O)(O)=S)c1ccccc1. The zero-order chi connectivity index (χ0) is 12.9. The molecule has 17 heavy (non-hydrogen) atoms. The zero-order valence-electron chi connectivity index (χ0n) is 9.11. The Morgan fingerprint density at radius 2 is 2.00 bits per heavy atom. The third kappa shape index (κ3) is 5.10. The smallest absolute Gasteiger partial charge is 0.344 e. The first kappa shape index (κ1) is 14.5. The fraction of sp³-hybridized carbons (Fsp3) is 0.200. The summed E-state index contributed by atoms with van der Waals surface area (Å²) in [5.74, 6) is -0.572. The summed E-state index contributed by atoms with van der Waals surface area (Å²) in [6.07, 6.45) is 0. The highest BCUT2D eigenvalue weighted by Gasteiger charge is 2.16. The molecule has 0 bridgehead atoms. The first-order valence-electron chi connectivity index (χ1n) is 4.82. The summed E-state index contributed by atoms with van der Waals surface area (Å²) in [4.78, 5) is 30.5. The van der Waals surface area contributed by atoms with Crippen LogP contribution in [0.4, 0.5) is 0 Å². The fourth-order valence-corrected chi connectivity index (χ4v) is 3.92. The van der Waals surface area contributed by atoms with Gasteiger partial charge < -0.3 is 14.5 Å². The largest absolute Gasteiger partial charge is 0.462 e. The maximum atomic E-state index is 11.7. The molecule has 0 spiro atoms. The molecule has 1 rings (SSSR count). The van der Waals surface area contributed by atoms with Gasteiger partial charge in [-0.05, 0) is 24.3 Å². The second-order valence-electron chi connectivity index (χ2n) is 3.05. The molecule has 0 heterocycles. The van der Waals surface area contributed by atoms with Crippen LogP contribution in [0.15, 0.2) is 30.3 Å². The number of hydrogen-bond acceptors (Lipinski definition) is 3. The highest BCUT2D eigenvalue weighted by molar-refractivity contribution is 8.66. The van der Waals surface area contributed by atoms with Crippen molar-refractivity contribution in [3.05, 3.63) is 35.9 Å². The molecule has 0 fully saturated rings. The quantitative estimate of drug-likeness (QED) is 0.258. The molecule has 0 aliphatic heterocycles. The Labute approximate surface area is 108 Å². The lowest BCUT2D eigenvalue weighted by atomic mass is 10.1.